The quantitative estimate of drug-likeness (QED) is 0.600. The number of carbonyl (C=O) groups is 1. The van der Waals surface area contributed by atoms with E-state index in [0.717, 1.165) is 17.0 Å². The molecule has 2 rings (SSSR count). The van der Waals surface area contributed by atoms with Crippen molar-refractivity contribution in [1.29, 1.82) is 0 Å². The molecule has 0 aromatic heterocycles. The number of hydrazone groups is 1. The second-order valence-electron chi connectivity index (χ2n) is 4.64. The van der Waals surface area contributed by atoms with Crippen LogP contribution in [-0.2, 0) is 4.79 Å². The van der Waals surface area contributed by atoms with Crippen molar-refractivity contribution in [2.75, 3.05) is 12.0 Å². The molecule has 5 nitrogen and oxygen atoms in total. The minimum atomic E-state index is -1.02. The molecule has 23 heavy (non-hydrogen) atoms. The number of halogens is 2. The minimum absolute atomic E-state index is 0.370. The van der Waals surface area contributed by atoms with Crippen LogP contribution in [0.15, 0.2) is 47.6 Å². The van der Waals surface area contributed by atoms with Crippen molar-refractivity contribution >= 4 is 40.6 Å². The summed E-state index contributed by atoms with van der Waals surface area (Å²) < 4.78 is 5.07. The highest BCUT2D eigenvalue weighted by Gasteiger charge is 2.02. The fourth-order valence-corrected chi connectivity index (χ4v) is 2.01. The third-order valence-electron chi connectivity index (χ3n) is 2.91. The highest BCUT2D eigenvalue weighted by molar-refractivity contribution is 6.42. The van der Waals surface area contributed by atoms with Crippen molar-refractivity contribution in [1.82, 2.24) is 0 Å². The third-order valence-corrected chi connectivity index (χ3v) is 3.65. The van der Waals surface area contributed by atoms with E-state index >= 15 is 0 Å². The molecule has 0 radical (unpaired) electrons. The van der Waals surface area contributed by atoms with Gasteiger partial charge in [0.15, 0.2) is 6.61 Å². The van der Waals surface area contributed by atoms with Crippen LogP contribution in [0.25, 0.3) is 0 Å². The molecule has 0 aliphatic rings. The molecule has 0 saturated carbocycles. The van der Waals surface area contributed by atoms with Crippen molar-refractivity contribution in [3.8, 4) is 5.75 Å². The van der Waals surface area contributed by atoms with Gasteiger partial charge in [0.05, 0.1) is 21.4 Å². The summed E-state index contributed by atoms with van der Waals surface area (Å²) in [5, 5.41) is 13.8. The van der Waals surface area contributed by atoms with Gasteiger partial charge in [-0.15, -0.1) is 0 Å². The summed E-state index contributed by atoms with van der Waals surface area (Å²) in [4.78, 5) is 10.4. The number of benzene rings is 2. The van der Waals surface area contributed by atoms with Gasteiger partial charge in [0.25, 0.3) is 0 Å². The number of hydrogen-bond donors (Lipinski definition) is 2. The van der Waals surface area contributed by atoms with Crippen molar-refractivity contribution in [3.05, 3.63) is 58.1 Å². The number of anilines is 1. The zero-order valence-corrected chi connectivity index (χ0v) is 13.7. The van der Waals surface area contributed by atoms with Gasteiger partial charge >= 0.3 is 5.97 Å². The Kier molecular flexibility index (Phi) is 5.84. The number of nitrogens with one attached hydrogen (secondary N) is 1. The molecule has 120 valence electrons. The fourth-order valence-electron chi connectivity index (χ4n) is 1.72. The van der Waals surface area contributed by atoms with Gasteiger partial charge in [-0.05, 0) is 55.0 Å². The summed E-state index contributed by atoms with van der Waals surface area (Å²) in [5.74, 6) is -0.529. The second-order valence-corrected chi connectivity index (χ2v) is 5.46. The number of carboxylic acids is 1. The highest BCUT2D eigenvalue weighted by Crippen LogP contribution is 2.25. The first-order valence-electron chi connectivity index (χ1n) is 6.66. The first kappa shape index (κ1) is 17.1. The largest absolute Gasteiger partial charge is 0.482 e. The van der Waals surface area contributed by atoms with E-state index in [2.05, 4.69) is 10.5 Å². The van der Waals surface area contributed by atoms with Crippen molar-refractivity contribution in [2.24, 2.45) is 5.10 Å². The molecule has 0 heterocycles. The lowest BCUT2D eigenvalue weighted by molar-refractivity contribution is -0.139. The number of aliphatic carboxylic acids is 1. The van der Waals surface area contributed by atoms with Crippen molar-refractivity contribution in [3.63, 3.8) is 0 Å². The maximum atomic E-state index is 10.4. The summed E-state index contributed by atoms with van der Waals surface area (Å²) in [5.41, 5.74) is 5.25. The zero-order valence-electron chi connectivity index (χ0n) is 12.2. The second kappa shape index (κ2) is 7.85. The van der Waals surface area contributed by atoms with Gasteiger partial charge in [0.2, 0.25) is 0 Å². The average molecular weight is 353 g/mol. The number of rotatable bonds is 6. The van der Waals surface area contributed by atoms with Crippen LogP contribution in [0.1, 0.15) is 12.5 Å². The van der Waals surface area contributed by atoms with Gasteiger partial charge in [0.1, 0.15) is 5.75 Å². The Morgan fingerprint density at radius 2 is 1.87 bits per heavy atom. The van der Waals surface area contributed by atoms with Crippen LogP contribution in [0, 0.1) is 0 Å². The molecule has 0 aliphatic carbocycles. The van der Waals surface area contributed by atoms with E-state index in [1.54, 1.807) is 42.5 Å². The SMILES string of the molecule is C/C(=N/Nc1ccc(Cl)c(Cl)c1)c1ccc(OCC(=O)O)cc1. The molecule has 0 saturated heterocycles. The summed E-state index contributed by atoms with van der Waals surface area (Å²) in [6.07, 6.45) is 0. The van der Waals surface area contributed by atoms with E-state index in [-0.39, 0.29) is 6.61 Å². The van der Waals surface area contributed by atoms with Gasteiger partial charge in [-0.3, -0.25) is 5.43 Å². The van der Waals surface area contributed by atoms with Crippen molar-refractivity contribution in [2.45, 2.75) is 6.92 Å². The Hall–Kier alpha value is -2.24. The standard InChI is InChI=1S/C16H14Cl2N2O3/c1-10(19-20-12-4-7-14(17)15(18)8-12)11-2-5-13(6-3-11)23-9-16(21)22/h2-8,20H,9H2,1H3,(H,21,22)/b19-10-. The Labute approximate surface area is 143 Å². The fraction of sp³-hybridized carbons (Fsp3) is 0.125. The molecule has 0 aliphatic heterocycles. The topological polar surface area (TPSA) is 70.9 Å². The van der Waals surface area contributed by atoms with Crippen LogP contribution in [0.2, 0.25) is 10.0 Å². The van der Waals surface area contributed by atoms with E-state index in [1.807, 2.05) is 6.92 Å². The van der Waals surface area contributed by atoms with Crippen LogP contribution >= 0.6 is 23.2 Å². The van der Waals surface area contributed by atoms with Crippen LogP contribution in [-0.4, -0.2) is 23.4 Å². The number of carboxylic acid groups (broad SMARTS) is 1. The predicted molar refractivity (Wildman–Crippen MR) is 91.9 cm³/mol. The molecule has 2 aromatic rings. The van der Waals surface area contributed by atoms with E-state index in [0.29, 0.717) is 15.8 Å². The smallest absolute Gasteiger partial charge is 0.341 e. The maximum Gasteiger partial charge on any atom is 0.341 e. The Morgan fingerprint density at radius 1 is 1.17 bits per heavy atom. The first-order valence-corrected chi connectivity index (χ1v) is 7.41. The van der Waals surface area contributed by atoms with E-state index in [9.17, 15) is 4.79 Å². The van der Waals surface area contributed by atoms with Crippen LogP contribution in [0.4, 0.5) is 5.69 Å². The molecule has 2 N–H and O–H groups in total. The molecule has 2 aromatic carbocycles. The molecular weight excluding hydrogens is 339 g/mol. The number of nitrogens with zero attached hydrogens (tertiary/aromatic N) is 1. The predicted octanol–water partition coefficient (Wildman–Crippen LogP) is 4.29. The molecule has 0 bridgehead atoms. The molecule has 0 spiro atoms. The third kappa shape index (κ3) is 5.16. The molecule has 0 amide bonds. The minimum Gasteiger partial charge on any atom is -0.482 e. The lowest BCUT2D eigenvalue weighted by Gasteiger charge is -2.06. The van der Waals surface area contributed by atoms with E-state index in [1.165, 1.54) is 0 Å². The van der Waals surface area contributed by atoms with Gasteiger partial charge in [-0.2, -0.15) is 5.10 Å². The first-order chi connectivity index (χ1) is 11.0. The normalized spacial score (nSPS) is 11.2. The van der Waals surface area contributed by atoms with Crippen LogP contribution < -0.4 is 10.2 Å². The van der Waals surface area contributed by atoms with Gasteiger partial charge in [-0.1, -0.05) is 23.2 Å². The van der Waals surface area contributed by atoms with Gasteiger partial charge in [0, 0.05) is 0 Å². The Morgan fingerprint density at radius 3 is 2.48 bits per heavy atom. The average Bonchev–Trinajstić information content (AvgIpc) is 2.54. The molecule has 0 unspecified atom stereocenters. The monoisotopic (exact) mass is 352 g/mol. The molecule has 0 atom stereocenters. The summed E-state index contributed by atoms with van der Waals surface area (Å²) in [6.45, 7) is 1.48. The Balaban J connectivity index is 2.02. The lowest BCUT2D eigenvalue weighted by Crippen LogP contribution is -2.09. The summed E-state index contributed by atoms with van der Waals surface area (Å²) in [6, 6.07) is 12.1. The molecule has 0 fully saturated rings. The number of hydrogen-bond acceptors (Lipinski definition) is 4. The maximum absolute atomic E-state index is 10.4. The Bertz CT molecular complexity index is 731. The highest BCUT2D eigenvalue weighted by atomic mass is 35.5. The van der Waals surface area contributed by atoms with Gasteiger partial charge in [-0.25, -0.2) is 4.79 Å². The zero-order chi connectivity index (χ0) is 16.8. The molecular formula is C16H14Cl2N2O3. The summed E-state index contributed by atoms with van der Waals surface area (Å²) >= 11 is 11.8. The van der Waals surface area contributed by atoms with Crippen LogP contribution in [0.5, 0.6) is 5.75 Å². The van der Waals surface area contributed by atoms with E-state index < -0.39 is 5.97 Å². The summed E-state index contributed by atoms with van der Waals surface area (Å²) in [7, 11) is 0. The lowest BCUT2D eigenvalue weighted by atomic mass is 10.1. The number of ether oxygens (including phenoxy) is 1. The van der Waals surface area contributed by atoms with E-state index in [4.69, 9.17) is 33.0 Å². The van der Waals surface area contributed by atoms with Gasteiger partial charge < -0.3 is 9.84 Å². The van der Waals surface area contributed by atoms with Crippen LogP contribution in [0.3, 0.4) is 0 Å². The molecule has 7 heteroatoms. The van der Waals surface area contributed by atoms with Crippen molar-refractivity contribution < 1.29 is 14.6 Å².